The molecule has 0 aliphatic rings. The van der Waals surface area contributed by atoms with E-state index < -0.39 is 0 Å². The van der Waals surface area contributed by atoms with Crippen LogP contribution in [-0.2, 0) is 0 Å². The second kappa shape index (κ2) is 6.85. The highest BCUT2D eigenvalue weighted by molar-refractivity contribution is 7.28. The first-order valence-electron chi connectivity index (χ1n) is 4.91. The number of H-pyrrole nitrogens is 1. The molecule has 1 aromatic heterocycles. The highest BCUT2D eigenvalue weighted by Crippen LogP contribution is 2.04. The Morgan fingerprint density at radius 3 is 3.08 bits per heavy atom. The van der Waals surface area contributed by atoms with Crippen LogP contribution in [0.25, 0.3) is 0 Å². The average Bonchev–Trinajstić information content (AvgIpc) is 2.63. The molecule has 0 amide bonds. The summed E-state index contributed by atoms with van der Waals surface area (Å²) in [4.78, 5) is 7.48. The van der Waals surface area contributed by atoms with Crippen LogP contribution in [0.1, 0.15) is 38.3 Å². The van der Waals surface area contributed by atoms with Gasteiger partial charge in [-0.3, -0.25) is 4.99 Å². The quantitative estimate of drug-likeness (QED) is 0.532. The van der Waals surface area contributed by atoms with Gasteiger partial charge in [0.15, 0.2) is 0 Å². The van der Waals surface area contributed by atoms with Gasteiger partial charge in [0.25, 0.3) is 0 Å². The number of unbranched alkanes of at least 4 members (excludes halogenated alkanes) is 3. The third-order valence-corrected chi connectivity index (χ3v) is 2.60. The number of nitrogens with zero attached hydrogens (tertiary/aromatic N) is 1. The summed E-state index contributed by atoms with van der Waals surface area (Å²) in [6.45, 7) is 3.20. The lowest BCUT2D eigenvalue weighted by molar-refractivity contribution is 0.676. The molecule has 2 nitrogen and oxygen atoms in total. The molecule has 0 bridgehead atoms. The van der Waals surface area contributed by atoms with Crippen LogP contribution in [0.5, 0.6) is 0 Å². The average molecular weight is 196 g/mol. The molecule has 0 aromatic carbocycles. The van der Waals surface area contributed by atoms with E-state index in [1.807, 2.05) is 12.1 Å². The molecule has 13 heavy (non-hydrogen) atoms. The Morgan fingerprint density at radius 1 is 1.46 bits per heavy atom. The van der Waals surface area contributed by atoms with Crippen molar-refractivity contribution in [3.05, 3.63) is 17.4 Å². The second-order valence-corrected chi connectivity index (χ2v) is 3.92. The zero-order valence-corrected chi connectivity index (χ0v) is 9.06. The number of nitrogens with one attached hydrogen (secondary N) is 1. The monoisotopic (exact) mass is 196 g/mol. The third kappa shape index (κ3) is 4.84. The number of aliphatic imine (C=N–C) groups is 1. The normalized spacial score (nSPS) is 11.8. The van der Waals surface area contributed by atoms with Gasteiger partial charge in [0.05, 0.1) is 5.69 Å². The van der Waals surface area contributed by atoms with Crippen LogP contribution in [-0.4, -0.2) is 17.7 Å². The van der Waals surface area contributed by atoms with E-state index >= 15 is 0 Å². The fourth-order valence-corrected chi connectivity index (χ4v) is 1.73. The van der Waals surface area contributed by atoms with Crippen molar-refractivity contribution in [3.63, 3.8) is 0 Å². The summed E-state index contributed by atoms with van der Waals surface area (Å²) in [5.74, 6) is 4.13. The summed E-state index contributed by atoms with van der Waals surface area (Å²) in [6, 6.07) is 0. The first-order valence-corrected chi connectivity index (χ1v) is 5.95. The number of hydrogen-bond acceptors (Lipinski definition) is 1. The standard InChI is InChI=1S/C10H17N2P/c1-2-3-4-5-6-11-7-10-8-13-9-12-10/h7-9,12H,2-6H2,1H3/b11-7+. The molecule has 1 N–H and O–H groups in total. The van der Waals surface area contributed by atoms with E-state index in [9.17, 15) is 0 Å². The van der Waals surface area contributed by atoms with Crippen molar-refractivity contribution in [2.24, 2.45) is 4.99 Å². The lowest BCUT2D eigenvalue weighted by atomic mass is 10.2. The smallest absolute Gasteiger partial charge is 0.0610 e. The third-order valence-electron chi connectivity index (χ3n) is 1.89. The van der Waals surface area contributed by atoms with Crippen LogP contribution in [0.2, 0.25) is 0 Å². The lowest BCUT2D eigenvalue weighted by Crippen LogP contribution is -1.85. The van der Waals surface area contributed by atoms with Gasteiger partial charge in [-0.25, -0.2) is 0 Å². The molecule has 0 fully saturated rings. The van der Waals surface area contributed by atoms with Crippen LogP contribution >= 0.6 is 8.19 Å². The summed E-state index contributed by atoms with van der Waals surface area (Å²) >= 11 is 0. The minimum atomic E-state index is 0.968. The molecule has 0 saturated heterocycles. The predicted octanol–water partition coefficient (Wildman–Crippen LogP) is 3.59. The van der Waals surface area contributed by atoms with Crippen LogP contribution in [0, 0.1) is 0 Å². The Balaban J connectivity index is 2.05. The van der Waals surface area contributed by atoms with Gasteiger partial charge >= 0.3 is 0 Å². The minimum Gasteiger partial charge on any atom is -0.356 e. The predicted molar refractivity (Wildman–Crippen MR) is 59.9 cm³/mol. The molecule has 1 heterocycles. The van der Waals surface area contributed by atoms with E-state index in [4.69, 9.17) is 0 Å². The van der Waals surface area contributed by atoms with Crippen molar-refractivity contribution >= 4 is 14.4 Å². The molecule has 72 valence electrons. The van der Waals surface area contributed by atoms with Crippen molar-refractivity contribution in [3.8, 4) is 0 Å². The van der Waals surface area contributed by atoms with E-state index in [-0.39, 0.29) is 0 Å². The molecular formula is C10H17N2P. The first kappa shape index (κ1) is 10.5. The molecule has 0 saturated carbocycles. The Morgan fingerprint density at radius 2 is 2.38 bits per heavy atom. The Hall–Kier alpha value is -0.620. The fourth-order valence-electron chi connectivity index (χ4n) is 1.13. The van der Waals surface area contributed by atoms with Crippen molar-refractivity contribution in [1.29, 1.82) is 0 Å². The Labute approximate surface area is 81.6 Å². The van der Waals surface area contributed by atoms with Gasteiger partial charge < -0.3 is 4.98 Å². The molecular weight excluding hydrogens is 179 g/mol. The highest BCUT2D eigenvalue weighted by Gasteiger charge is 1.86. The number of aromatic amines is 1. The molecule has 1 rings (SSSR count). The molecule has 0 atom stereocenters. The first-order chi connectivity index (χ1) is 6.43. The zero-order chi connectivity index (χ0) is 9.36. The van der Waals surface area contributed by atoms with Gasteiger partial charge in [0.2, 0.25) is 0 Å². The fraction of sp³-hybridized carbons (Fsp3) is 0.600. The maximum atomic E-state index is 4.34. The maximum absolute atomic E-state index is 4.34. The van der Waals surface area contributed by atoms with E-state index in [0.717, 1.165) is 12.2 Å². The molecule has 0 spiro atoms. The van der Waals surface area contributed by atoms with Crippen LogP contribution < -0.4 is 0 Å². The van der Waals surface area contributed by atoms with E-state index in [0.29, 0.717) is 0 Å². The van der Waals surface area contributed by atoms with E-state index in [2.05, 4.69) is 22.7 Å². The SMILES string of the molecule is CCCCCC/N=C/c1cpc[nH]1. The summed E-state index contributed by atoms with van der Waals surface area (Å²) in [5.41, 5.74) is 1.14. The van der Waals surface area contributed by atoms with Crippen LogP contribution in [0.3, 0.4) is 0 Å². The molecule has 0 unspecified atom stereocenters. The van der Waals surface area contributed by atoms with Gasteiger partial charge in [-0.15, -0.1) is 0 Å². The van der Waals surface area contributed by atoms with Gasteiger partial charge in [-0.1, -0.05) is 34.4 Å². The summed E-state index contributed by atoms with van der Waals surface area (Å²) in [5, 5.41) is 0. The van der Waals surface area contributed by atoms with Crippen molar-refractivity contribution < 1.29 is 0 Å². The molecule has 3 heteroatoms. The van der Waals surface area contributed by atoms with E-state index in [1.165, 1.54) is 33.9 Å². The van der Waals surface area contributed by atoms with Crippen molar-refractivity contribution in [2.75, 3.05) is 6.54 Å². The largest absolute Gasteiger partial charge is 0.356 e. The van der Waals surface area contributed by atoms with Crippen LogP contribution in [0.4, 0.5) is 0 Å². The minimum absolute atomic E-state index is 0.968. The lowest BCUT2D eigenvalue weighted by Gasteiger charge is -1.93. The summed E-state index contributed by atoms with van der Waals surface area (Å²) in [6.07, 6.45) is 7.10. The van der Waals surface area contributed by atoms with Gasteiger partial charge in [-0.2, -0.15) is 0 Å². The van der Waals surface area contributed by atoms with Crippen molar-refractivity contribution in [1.82, 2.24) is 4.98 Å². The topological polar surface area (TPSA) is 28.1 Å². The number of rotatable bonds is 6. The molecule has 1 aromatic rings. The van der Waals surface area contributed by atoms with Crippen molar-refractivity contribution in [2.45, 2.75) is 32.6 Å². The zero-order valence-electron chi connectivity index (χ0n) is 8.16. The maximum Gasteiger partial charge on any atom is 0.0610 e. The highest BCUT2D eigenvalue weighted by atomic mass is 31.0. The number of aromatic nitrogens is 1. The summed E-state index contributed by atoms with van der Waals surface area (Å²) < 4.78 is 0. The molecule has 0 aliphatic carbocycles. The summed E-state index contributed by atoms with van der Waals surface area (Å²) in [7, 11) is 1.24. The second-order valence-electron chi connectivity index (χ2n) is 3.10. The van der Waals surface area contributed by atoms with Gasteiger partial charge in [-0.05, 0) is 12.2 Å². The van der Waals surface area contributed by atoms with Crippen LogP contribution in [0.15, 0.2) is 16.7 Å². The van der Waals surface area contributed by atoms with Gasteiger partial charge in [0.1, 0.15) is 0 Å². The molecule has 0 radical (unpaired) electrons. The number of hydrogen-bond donors (Lipinski definition) is 1. The van der Waals surface area contributed by atoms with Gasteiger partial charge in [0, 0.05) is 18.7 Å². The van der Waals surface area contributed by atoms with E-state index in [1.54, 1.807) is 0 Å². The Bertz CT molecular complexity index is 229. The molecule has 0 aliphatic heterocycles. The Kier molecular flexibility index (Phi) is 5.51.